The summed E-state index contributed by atoms with van der Waals surface area (Å²) in [5.74, 6) is 0.392. The Morgan fingerprint density at radius 1 is 1.09 bits per heavy atom. The van der Waals surface area contributed by atoms with E-state index in [-0.39, 0.29) is 28.0 Å². The molecule has 0 aliphatic heterocycles. The van der Waals surface area contributed by atoms with Gasteiger partial charge in [-0.2, -0.15) is 23.3 Å². The average molecular weight is 462 g/mol. The number of nitrogens with one attached hydrogen (secondary N) is 2. The molecule has 0 bridgehead atoms. The lowest BCUT2D eigenvalue weighted by molar-refractivity contribution is -0.137. The number of nitrogen functional groups attached to an aromatic ring is 1. The minimum absolute atomic E-state index is 0.0501. The number of aryl methyl sites for hydroxylation is 1. The lowest BCUT2D eigenvalue weighted by atomic mass is 10.1. The van der Waals surface area contributed by atoms with Crippen molar-refractivity contribution in [1.29, 1.82) is 0 Å². The number of rotatable bonds is 4. The maximum Gasteiger partial charge on any atom is 0.416 e. The highest BCUT2D eigenvalue weighted by Crippen LogP contribution is 2.35. The minimum atomic E-state index is -4.48. The number of hydrogen-bond donors (Lipinski definition) is 3. The van der Waals surface area contributed by atoms with Gasteiger partial charge in [-0.15, -0.1) is 0 Å². The van der Waals surface area contributed by atoms with Crippen molar-refractivity contribution in [2.45, 2.75) is 18.0 Å². The molecule has 8 nitrogen and oxygen atoms in total. The third kappa shape index (κ3) is 4.08. The van der Waals surface area contributed by atoms with E-state index in [1.807, 2.05) is 0 Å². The van der Waals surface area contributed by atoms with Crippen molar-refractivity contribution >= 4 is 38.3 Å². The monoisotopic (exact) mass is 462 g/mol. The number of benzene rings is 2. The lowest BCUT2D eigenvalue weighted by Crippen LogP contribution is -2.05. The summed E-state index contributed by atoms with van der Waals surface area (Å²) in [5.41, 5.74) is 6.64. The standard InChI is InChI=1S/C20H17F3N6O2S/c1-10-3-4-11(7-16(10)32(2,30)31)14-9-25-19(24)27-17(14)26-18-13-6-5-12(20(21,22)23)8-15(13)28-29-18/h3-9H,1-2H3,(H4,24,25,26,27,28,29). The van der Waals surface area contributed by atoms with E-state index in [4.69, 9.17) is 5.73 Å². The molecule has 12 heteroatoms. The Balaban J connectivity index is 1.79. The van der Waals surface area contributed by atoms with Gasteiger partial charge in [0.2, 0.25) is 5.95 Å². The number of anilines is 3. The van der Waals surface area contributed by atoms with Crippen LogP contribution in [0.1, 0.15) is 11.1 Å². The van der Waals surface area contributed by atoms with Crippen molar-refractivity contribution in [3.05, 3.63) is 53.7 Å². The third-order valence-electron chi connectivity index (χ3n) is 4.83. The van der Waals surface area contributed by atoms with E-state index < -0.39 is 21.6 Å². The molecular weight excluding hydrogens is 445 g/mol. The molecule has 0 unspecified atom stereocenters. The van der Waals surface area contributed by atoms with Crippen LogP contribution in [0.4, 0.5) is 30.8 Å². The highest BCUT2D eigenvalue weighted by molar-refractivity contribution is 7.90. The van der Waals surface area contributed by atoms with Gasteiger partial charge >= 0.3 is 6.18 Å². The Morgan fingerprint density at radius 2 is 1.84 bits per heavy atom. The Labute approximate surface area is 180 Å². The number of nitrogens with zero attached hydrogens (tertiary/aromatic N) is 3. The normalized spacial score (nSPS) is 12.3. The summed E-state index contributed by atoms with van der Waals surface area (Å²) in [6.07, 6.45) is -1.94. The number of halogens is 3. The van der Waals surface area contributed by atoms with Crippen molar-refractivity contribution in [1.82, 2.24) is 20.2 Å². The van der Waals surface area contributed by atoms with E-state index in [9.17, 15) is 21.6 Å². The van der Waals surface area contributed by atoms with E-state index in [2.05, 4.69) is 25.5 Å². The molecule has 2 aromatic heterocycles. The molecule has 2 heterocycles. The number of alkyl halides is 3. The average Bonchev–Trinajstić information content (AvgIpc) is 3.09. The van der Waals surface area contributed by atoms with E-state index in [1.54, 1.807) is 19.1 Å². The number of fused-ring (bicyclic) bond motifs is 1. The predicted octanol–water partition coefficient (Wildman–Crippen LogP) is 4.08. The van der Waals surface area contributed by atoms with Gasteiger partial charge in [0, 0.05) is 23.4 Å². The molecule has 0 spiro atoms. The SMILES string of the molecule is Cc1ccc(-c2cnc(N)nc2Nc2n[nH]c3cc(C(F)(F)F)ccc23)cc1S(C)(=O)=O. The second kappa shape index (κ2) is 7.48. The van der Waals surface area contributed by atoms with Crippen LogP contribution < -0.4 is 11.1 Å². The summed E-state index contributed by atoms with van der Waals surface area (Å²) >= 11 is 0. The van der Waals surface area contributed by atoms with Crippen LogP contribution in [-0.2, 0) is 16.0 Å². The Kier molecular flexibility index (Phi) is 5.04. The van der Waals surface area contributed by atoms with Gasteiger partial charge in [0.25, 0.3) is 0 Å². The molecule has 32 heavy (non-hydrogen) atoms. The Bertz CT molecular complexity index is 1450. The number of hydrogen-bond acceptors (Lipinski definition) is 7. The zero-order valence-electron chi connectivity index (χ0n) is 16.8. The number of H-pyrrole nitrogens is 1. The number of nitrogens with two attached hydrogens (primary N) is 1. The number of sulfone groups is 1. The molecule has 0 saturated carbocycles. The molecular formula is C20H17F3N6O2S. The van der Waals surface area contributed by atoms with Gasteiger partial charge in [0.05, 0.1) is 16.0 Å². The van der Waals surface area contributed by atoms with Gasteiger partial charge in [-0.1, -0.05) is 12.1 Å². The number of aromatic amines is 1. The molecule has 0 aliphatic carbocycles. The molecule has 0 amide bonds. The van der Waals surface area contributed by atoms with Crippen LogP contribution in [0.15, 0.2) is 47.5 Å². The van der Waals surface area contributed by atoms with Crippen molar-refractivity contribution < 1.29 is 21.6 Å². The fraction of sp³-hybridized carbons (Fsp3) is 0.150. The smallest absolute Gasteiger partial charge is 0.368 e. The van der Waals surface area contributed by atoms with E-state index in [0.29, 0.717) is 22.1 Å². The molecule has 0 radical (unpaired) electrons. The zero-order chi connectivity index (χ0) is 23.3. The highest BCUT2D eigenvalue weighted by atomic mass is 32.2. The van der Waals surface area contributed by atoms with Crippen LogP contribution in [0.2, 0.25) is 0 Å². The number of aromatic nitrogens is 4. The molecule has 0 atom stereocenters. The summed E-state index contributed by atoms with van der Waals surface area (Å²) in [4.78, 5) is 8.31. The van der Waals surface area contributed by atoms with E-state index in [0.717, 1.165) is 18.4 Å². The minimum Gasteiger partial charge on any atom is -0.368 e. The molecule has 2 aromatic carbocycles. The van der Waals surface area contributed by atoms with Crippen LogP contribution in [0.3, 0.4) is 0 Å². The van der Waals surface area contributed by atoms with Crippen LogP contribution in [-0.4, -0.2) is 34.8 Å². The van der Waals surface area contributed by atoms with Crippen molar-refractivity contribution in [3.63, 3.8) is 0 Å². The first-order chi connectivity index (χ1) is 14.9. The van der Waals surface area contributed by atoms with Crippen LogP contribution in [0.5, 0.6) is 0 Å². The van der Waals surface area contributed by atoms with Gasteiger partial charge < -0.3 is 11.1 Å². The summed E-state index contributed by atoms with van der Waals surface area (Å²) < 4.78 is 63.2. The fourth-order valence-corrected chi connectivity index (χ4v) is 4.27. The van der Waals surface area contributed by atoms with Gasteiger partial charge in [0.1, 0.15) is 5.82 Å². The molecule has 4 aromatic rings. The van der Waals surface area contributed by atoms with Gasteiger partial charge in [-0.05, 0) is 42.3 Å². The second-order valence-corrected chi connectivity index (χ2v) is 9.18. The quantitative estimate of drug-likeness (QED) is 0.417. The van der Waals surface area contributed by atoms with Gasteiger partial charge in [-0.25, -0.2) is 13.4 Å². The first-order valence-corrected chi connectivity index (χ1v) is 11.1. The van der Waals surface area contributed by atoms with Crippen LogP contribution in [0, 0.1) is 6.92 Å². The second-order valence-electron chi connectivity index (χ2n) is 7.20. The fourth-order valence-electron chi connectivity index (χ4n) is 3.27. The lowest BCUT2D eigenvalue weighted by Gasteiger charge is -2.12. The molecule has 0 aliphatic rings. The first-order valence-electron chi connectivity index (χ1n) is 9.19. The highest BCUT2D eigenvalue weighted by Gasteiger charge is 2.31. The summed E-state index contributed by atoms with van der Waals surface area (Å²) in [5, 5.41) is 9.98. The van der Waals surface area contributed by atoms with Gasteiger partial charge in [0.15, 0.2) is 15.7 Å². The van der Waals surface area contributed by atoms with Crippen molar-refractivity contribution in [2.24, 2.45) is 0 Å². The summed E-state index contributed by atoms with van der Waals surface area (Å²) in [6.45, 7) is 1.68. The molecule has 0 saturated heterocycles. The Morgan fingerprint density at radius 3 is 2.53 bits per heavy atom. The van der Waals surface area contributed by atoms with Crippen molar-refractivity contribution in [2.75, 3.05) is 17.3 Å². The molecule has 4 N–H and O–H groups in total. The summed E-state index contributed by atoms with van der Waals surface area (Å²) in [6, 6.07) is 8.08. The van der Waals surface area contributed by atoms with Crippen LogP contribution >= 0.6 is 0 Å². The third-order valence-corrected chi connectivity index (χ3v) is 6.07. The first kappa shape index (κ1) is 21.6. The zero-order valence-corrected chi connectivity index (χ0v) is 17.6. The molecule has 166 valence electrons. The summed E-state index contributed by atoms with van der Waals surface area (Å²) in [7, 11) is -3.48. The van der Waals surface area contributed by atoms with E-state index in [1.165, 1.54) is 18.3 Å². The largest absolute Gasteiger partial charge is 0.416 e. The molecule has 0 fully saturated rings. The molecule has 4 rings (SSSR count). The predicted molar refractivity (Wildman–Crippen MR) is 114 cm³/mol. The van der Waals surface area contributed by atoms with E-state index >= 15 is 0 Å². The van der Waals surface area contributed by atoms with Gasteiger partial charge in [-0.3, -0.25) is 5.10 Å². The maximum absolute atomic E-state index is 13.0. The Hall–Kier alpha value is -3.67. The van der Waals surface area contributed by atoms with Crippen LogP contribution in [0.25, 0.3) is 22.0 Å². The topological polar surface area (TPSA) is 127 Å². The van der Waals surface area contributed by atoms with Crippen molar-refractivity contribution in [3.8, 4) is 11.1 Å². The maximum atomic E-state index is 13.0.